The molecule has 0 aliphatic heterocycles. The summed E-state index contributed by atoms with van der Waals surface area (Å²) in [7, 11) is 0. The maximum atomic E-state index is 6.08. The maximum absolute atomic E-state index is 6.08. The van der Waals surface area contributed by atoms with E-state index in [1.54, 1.807) is 12.2 Å². The van der Waals surface area contributed by atoms with E-state index in [0.717, 1.165) is 35.0 Å². The lowest BCUT2D eigenvalue weighted by Gasteiger charge is -2.10. The second kappa shape index (κ2) is 7.58. The number of nitrogens with two attached hydrogens (primary N) is 1. The Kier molecular flexibility index (Phi) is 5.05. The summed E-state index contributed by atoms with van der Waals surface area (Å²) in [6.07, 6.45) is 11.1. The molecule has 0 aliphatic rings. The first-order chi connectivity index (χ1) is 12.2. The van der Waals surface area contributed by atoms with E-state index >= 15 is 0 Å². The van der Waals surface area contributed by atoms with Gasteiger partial charge in [0.25, 0.3) is 0 Å². The molecule has 0 radical (unpaired) electrons. The lowest BCUT2D eigenvalue weighted by atomic mass is 10.0. The summed E-state index contributed by atoms with van der Waals surface area (Å²) in [6, 6.07) is 12.6. The number of hydrogen-bond acceptors (Lipinski definition) is 3. The molecule has 0 unspecified atom stereocenters. The molecular formula is C22H21N3. The van der Waals surface area contributed by atoms with Crippen LogP contribution < -0.4 is 5.73 Å². The van der Waals surface area contributed by atoms with Crippen LogP contribution in [0.3, 0.4) is 0 Å². The Morgan fingerprint density at radius 3 is 2.52 bits per heavy atom. The van der Waals surface area contributed by atoms with E-state index < -0.39 is 0 Å². The molecule has 0 amide bonds. The average molecular weight is 327 g/mol. The lowest BCUT2D eigenvalue weighted by molar-refractivity contribution is 0.954. The van der Waals surface area contributed by atoms with Gasteiger partial charge >= 0.3 is 0 Å². The first-order valence-corrected chi connectivity index (χ1v) is 8.26. The molecule has 2 N–H and O–H groups in total. The van der Waals surface area contributed by atoms with Gasteiger partial charge in [0.1, 0.15) is 5.52 Å². The van der Waals surface area contributed by atoms with E-state index in [1.807, 2.05) is 24.4 Å². The topological polar surface area (TPSA) is 51.8 Å². The number of nitrogens with zero attached hydrogens (tertiary/aromatic N) is 2. The van der Waals surface area contributed by atoms with Crippen LogP contribution in [0.1, 0.15) is 22.4 Å². The fourth-order valence-corrected chi connectivity index (χ4v) is 2.86. The molecule has 3 aromatic rings. The van der Waals surface area contributed by atoms with E-state index in [-0.39, 0.29) is 0 Å². The smallest absolute Gasteiger partial charge is 0.150 e. The highest BCUT2D eigenvalue weighted by Gasteiger charge is 2.11. The molecule has 2 aromatic heterocycles. The summed E-state index contributed by atoms with van der Waals surface area (Å²) >= 11 is 0. The minimum atomic E-state index is 0.426. The van der Waals surface area contributed by atoms with Gasteiger partial charge in [-0.15, -0.1) is 0 Å². The molecule has 0 aliphatic carbocycles. The number of rotatable bonds is 6. The van der Waals surface area contributed by atoms with Crippen molar-refractivity contribution >= 4 is 28.9 Å². The van der Waals surface area contributed by atoms with Gasteiger partial charge in [0, 0.05) is 17.1 Å². The Morgan fingerprint density at radius 1 is 1.04 bits per heavy atom. The van der Waals surface area contributed by atoms with E-state index in [2.05, 4.69) is 53.5 Å². The Morgan fingerprint density at radius 2 is 1.80 bits per heavy atom. The molecule has 3 rings (SSSR count). The van der Waals surface area contributed by atoms with Crippen LogP contribution in [-0.4, -0.2) is 9.97 Å². The van der Waals surface area contributed by atoms with E-state index in [0.29, 0.717) is 5.82 Å². The highest BCUT2D eigenvalue weighted by Crippen LogP contribution is 2.27. The summed E-state index contributed by atoms with van der Waals surface area (Å²) in [5.74, 6) is 0.426. The van der Waals surface area contributed by atoms with Gasteiger partial charge in [0.2, 0.25) is 0 Å². The second-order valence-electron chi connectivity index (χ2n) is 5.82. The summed E-state index contributed by atoms with van der Waals surface area (Å²) in [5.41, 5.74) is 11.0. The summed E-state index contributed by atoms with van der Waals surface area (Å²) in [6.45, 7) is 7.58. The Bertz CT molecular complexity index is 940. The highest BCUT2D eigenvalue weighted by atomic mass is 14.9. The zero-order valence-corrected chi connectivity index (χ0v) is 14.2. The van der Waals surface area contributed by atoms with Gasteiger partial charge in [-0.3, -0.25) is 4.98 Å². The van der Waals surface area contributed by atoms with Crippen molar-refractivity contribution in [3.63, 3.8) is 0 Å². The van der Waals surface area contributed by atoms with Crippen LogP contribution in [0.2, 0.25) is 0 Å². The first-order valence-electron chi connectivity index (χ1n) is 8.26. The van der Waals surface area contributed by atoms with Crippen molar-refractivity contribution in [3.05, 3.63) is 90.3 Å². The Labute approximate surface area is 148 Å². The van der Waals surface area contributed by atoms with Gasteiger partial charge in [0.15, 0.2) is 5.82 Å². The fraction of sp³-hybridized carbons (Fsp3) is 0.0909. The second-order valence-corrected chi connectivity index (χ2v) is 5.82. The van der Waals surface area contributed by atoms with Gasteiger partial charge in [-0.05, 0) is 36.1 Å². The van der Waals surface area contributed by atoms with Crippen molar-refractivity contribution < 1.29 is 0 Å². The van der Waals surface area contributed by atoms with Gasteiger partial charge in [-0.25, -0.2) is 4.98 Å². The van der Waals surface area contributed by atoms with Gasteiger partial charge in [0.05, 0.1) is 5.69 Å². The minimum absolute atomic E-state index is 0.426. The van der Waals surface area contributed by atoms with E-state index in [9.17, 15) is 0 Å². The molecule has 0 fully saturated rings. The molecule has 2 heterocycles. The average Bonchev–Trinajstić information content (AvgIpc) is 2.66. The molecule has 3 heteroatoms. The van der Waals surface area contributed by atoms with Crippen LogP contribution >= 0.6 is 0 Å². The van der Waals surface area contributed by atoms with Gasteiger partial charge < -0.3 is 5.73 Å². The van der Waals surface area contributed by atoms with Crippen LogP contribution in [0.25, 0.3) is 23.1 Å². The number of hydrogen-bond donors (Lipinski definition) is 1. The lowest BCUT2D eigenvalue weighted by Crippen LogP contribution is -2.01. The Hall–Kier alpha value is -3.20. The number of anilines is 1. The fourth-order valence-electron chi connectivity index (χ4n) is 2.86. The highest BCUT2D eigenvalue weighted by molar-refractivity contribution is 5.96. The molecule has 0 saturated heterocycles. The van der Waals surface area contributed by atoms with E-state index in [4.69, 9.17) is 5.73 Å². The first kappa shape index (κ1) is 16.7. The number of pyridine rings is 2. The Balaban J connectivity index is 2.03. The third-order valence-electron chi connectivity index (χ3n) is 4.13. The SMILES string of the molecule is C=C/C=C\c1c(C=C)nc(N)c2ncc(CCc3ccccc3)cc12. The molecular weight excluding hydrogens is 306 g/mol. The zero-order chi connectivity index (χ0) is 17.6. The quantitative estimate of drug-likeness (QED) is 0.659. The van der Waals surface area contributed by atoms with Crippen LogP contribution in [0, 0.1) is 0 Å². The van der Waals surface area contributed by atoms with Crippen LogP contribution in [0.4, 0.5) is 5.82 Å². The normalized spacial score (nSPS) is 11.0. The third-order valence-corrected chi connectivity index (χ3v) is 4.13. The number of aryl methyl sites for hydroxylation is 2. The van der Waals surface area contributed by atoms with E-state index in [1.165, 1.54) is 11.1 Å². The number of nitrogen functional groups attached to an aromatic ring is 1. The van der Waals surface area contributed by atoms with Crippen LogP contribution in [0.15, 0.2) is 67.9 Å². The molecule has 0 saturated carbocycles. The maximum Gasteiger partial charge on any atom is 0.150 e. The number of benzene rings is 1. The predicted octanol–water partition coefficient (Wildman–Crippen LogP) is 4.84. The molecule has 1 aromatic carbocycles. The van der Waals surface area contributed by atoms with Gasteiger partial charge in [-0.2, -0.15) is 0 Å². The number of allylic oxidation sites excluding steroid dienone is 2. The van der Waals surface area contributed by atoms with Crippen LogP contribution in [0.5, 0.6) is 0 Å². The van der Waals surface area contributed by atoms with Crippen molar-refractivity contribution in [1.29, 1.82) is 0 Å². The minimum Gasteiger partial charge on any atom is -0.382 e. The predicted molar refractivity (Wildman–Crippen MR) is 107 cm³/mol. The summed E-state index contributed by atoms with van der Waals surface area (Å²) < 4.78 is 0. The van der Waals surface area contributed by atoms with Gasteiger partial charge in [-0.1, -0.05) is 61.7 Å². The molecule has 3 nitrogen and oxygen atoms in total. The third kappa shape index (κ3) is 3.66. The molecule has 0 bridgehead atoms. The van der Waals surface area contributed by atoms with Crippen molar-refractivity contribution in [2.45, 2.75) is 12.8 Å². The molecule has 0 spiro atoms. The van der Waals surface area contributed by atoms with Crippen molar-refractivity contribution in [1.82, 2.24) is 9.97 Å². The standard InChI is InChI=1S/C22H21N3/c1-3-5-11-18-19-14-17(13-12-16-9-7-6-8-10-16)15-24-21(19)22(23)25-20(18)4-2/h3-11,14-15H,1-2,12-13H2,(H2,23,25)/b11-5-. The molecule has 0 atom stereocenters. The van der Waals surface area contributed by atoms with Crippen molar-refractivity contribution in [2.75, 3.05) is 5.73 Å². The molecule has 124 valence electrons. The summed E-state index contributed by atoms with van der Waals surface area (Å²) in [4.78, 5) is 8.96. The monoisotopic (exact) mass is 327 g/mol. The molecule has 25 heavy (non-hydrogen) atoms. The largest absolute Gasteiger partial charge is 0.382 e. The van der Waals surface area contributed by atoms with Crippen molar-refractivity contribution in [3.8, 4) is 0 Å². The number of aromatic nitrogens is 2. The summed E-state index contributed by atoms with van der Waals surface area (Å²) in [5, 5.41) is 0.992. The van der Waals surface area contributed by atoms with Crippen molar-refractivity contribution in [2.24, 2.45) is 0 Å². The van der Waals surface area contributed by atoms with Crippen LogP contribution in [-0.2, 0) is 12.8 Å². The zero-order valence-electron chi connectivity index (χ0n) is 14.2. The number of fused-ring (bicyclic) bond motifs is 1.